The summed E-state index contributed by atoms with van der Waals surface area (Å²) in [4.78, 5) is 14.2. The second-order valence-electron chi connectivity index (χ2n) is 5.97. The number of hydrogen-bond acceptors (Lipinski definition) is 1. The quantitative estimate of drug-likeness (QED) is 0.880. The van der Waals surface area contributed by atoms with E-state index in [1.807, 2.05) is 24.8 Å². The van der Waals surface area contributed by atoms with Gasteiger partial charge in [0.05, 0.1) is 5.54 Å². The van der Waals surface area contributed by atoms with E-state index in [9.17, 15) is 9.18 Å². The summed E-state index contributed by atoms with van der Waals surface area (Å²) in [7, 11) is 0. The van der Waals surface area contributed by atoms with Crippen LogP contribution >= 0.6 is 0 Å². The van der Waals surface area contributed by atoms with Crippen LogP contribution in [0.5, 0.6) is 0 Å². The van der Waals surface area contributed by atoms with Gasteiger partial charge in [0.1, 0.15) is 5.82 Å². The molecule has 4 heteroatoms. The van der Waals surface area contributed by atoms with E-state index in [-0.39, 0.29) is 11.8 Å². The maximum Gasteiger partial charge on any atom is 0.318 e. The molecule has 1 N–H and O–H groups in total. The minimum absolute atomic E-state index is 0.0545. The number of urea groups is 1. The third-order valence-corrected chi connectivity index (χ3v) is 3.86. The fraction of sp³-hybridized carbons (Fsp3) is 0.562. The molecule has 2 rings (SSSR count). The first-order chi connectivity index (χ1) is 9.49. The average molecular weight is 278 g/mol. The van der Waals surface area contributed by atoms with Crippen LogP contribution in [0.4, 0.5) is 9.18 Å². The Morgan fingerprint density at radius 3 is 2.45 bits per heavy atom. The van der Waals surface area contributed by atoms with Gasteiger partial charge in [-0.3, -0.25) is 0 Å². The smallest absolute Gasteiger partial charge is 0.318 e. The van der Waals surface area contributed by atoms with Crippen LogP contribution < -0.4 is 5.32 Å². The number of amides is 2. The first-order valence-electron chi connectivity index (χ1n) is 7.32. The van der Waals surface area contributed by atoms with Gasteiger partial charge in [-0.25, -0.2) is 9.18 Å². The fourth-order valence-electron chi connectivity index (χ4n) is 2.57. The lowest BCUT2D eigenvalue weighted by atomic mass is 9.94. The minimum atomic E-state index is -0.578. The molecule has 0 atom stereocenters. The summed E-state index contributed by atoms with van der Waals surface area (Å²) in [5.74, 6) is -0.278. The zero-order valence-electron chi connectivity index (χ0n) is 12.3. The fourth-order valence-corrected chi connectivity index (χ4v) is 2.57. The monoisotopic (exact) mass is 278 g/mol. The lowest BCUT2D eigenvalue weighted by Gasteiger charge is -2.31. The van der Waals surface area contributed by atoms with Gasteiger partial charge in [0.25, 0.3) is 0 Å². The highest BCUT2D eigenvalue weighted by Gasteiger charge is 2.26. The molecule has 1 heterocycles. The Morgan fingerprint density at radius 1 is 1.20 bits per heavy atom. The van der Waals surface area contributed by atoms with Crippen LogP contribution in [-0.4, -0.2) is 24.0 Å². The molecule has 1 aliphatic rings. The summed E-state index contributed by atoms with van der Waals surface area (Å²) in [6.45, 7) is 5.42. The van der Waals surface area contributed by atoms with Crippen molar-refractivity contribution in [2.45, 2.75) is 45.1 Å². The molecule has 1 aliphatic heterocycles. The van der Waals surface area contributed by atoms with Crippen molar-refractivity contribution in [2.24, 2.45) is 0 Å². The molecule has 1 aromatic carbocycles. The van der Waals surface area contributed by atoms with E-state index in [2.05, 4.69) is 5.32 Å². The van der Waals surface area contributed by atoms with Crippen LogP contribution in [0.15, 0.2) is 24.3 Å². The summed E-state index contributed by atoms with van der Waals surface area (Å²) < 4.78 is 13.3. The van der Waals surface area contributed by atoms with Crippen LogP contribution in [0.25, 0.3) is 0 Å². The molecule has 0 spiro atoms. The maximum atomic E-state index is 13.3. The summed E-state index contributed by atoms with van der Waals surface area (Å²) in [6.07, 6.45) is 4.51. The van der Waals surface area contributed by atoms with Gasteiger partial charge in [-0.1, -0.05) is 25.0 Å². The van der Waals surface area contributed by atoms with Crippen molar-refractivity contribution in [1.82, 2.24) is 10.2 Å². The summed E-state index contributed by atoms with van der Waals surface area (Å²) in [5.41, 5.74) is 0.201. The van der Waals surface area contributed by atoms with Gasteiger partial charge in [-0.2, -0.15) is 0 Å². The highest BCUT2D eigenvalue weighted by molar-refractivity contribution is 5.75. The highest BCUT2D eigenvalue weighted by Crippen LogP contribution is 2.21. The molecule has 20 heavy (non-hydrogen) atoms. The second kappa shape index (κ2) is 6.25. The summed E-state index contributed by atoms with van der Waals surface area (Å²) in [6, 6.07) is 6.34. The number of halogens is 1. The second-order valence-corrected chi connectivity index (χ2v) is 5.97. The van der Waals surface area contributed by atoms with Crippen molar-refractivity contribution < 1.29 is 9.18 Å². The standard InChI is InChI=1S/C16H23FN2O/c1-16(2,13-8-7-9-14(17)12-13)18-15(20)19-10-5-3-4-6-11-19/h7-9,12H,3-6,10-11H2,1-2H3,(H,18,20). The number of carbonyl (C=O) groups excluding carboxylic acids is 1. The van der Waals surface area contributed by atoms with E-state index in [0.29, 0.717) is 0 Å². The van der Waals surface area contributed by atoms with E-state index in [0.717, 1.165) is 31.5 Å². The molecule has 0 aromatic heterocycles. The Balaban J connectivity index is 2.05. The van der Waals surface area contributed by atoms with Crippen LogP contribution in [-0.2, 0) is 5.54 Å². The van der Waals surface area contributed by atoms with Gasteiger partial charge >= 0.3 is 6.03 Å². The van der Waals surface area contributed by atoms with E-state index in [1.165, 1.54) is 25.0 Å². The molecule has 0 saturated carbocycles. The molecule has 0 bridgehead atoms. The molecule has 3 nitrogen and oxygen atoms in total. The molecule has 110 valence electrons. The molecular weight excluding hydrogens is 255 g/mol. The van der Waals surface area contributed by atoms with Gasteiger partial charge in [-0.05, 0) is 44.4 Å². The number of hydrogen-bond donors (Lipinski definition) is 1. The first kappa shape index (κ1) is 14.8. The van der Waals surface area contributed by atoms with Crippen molar-refractivity contribution in [3.63, 3.8) is 0 Å². The first-order valence-corrected chi connectivity index (χ1v) is 7.32. The van der Waals surface area contributed by atoms with Gasteiger partial charge in [-0.15, -0.1) is 0 Å². The van der Waals surface area contributed by atoms with E-state index < -0.39 is 5.54 Å². The van der Waals surface area contributed by atoms with Crippen molar-refractivity contribution >= 4 is 6.03 Å². The molecule has 1 fully saturated rings. The third-order valence-electron chi connectivity index (χ3n) is 3.86. The van der Waals surface area contributed by atoms with Crippen LogP contribution in [0.3, 0.4) is 0 Å². The molecule has 0 radical (unpaired) electrons. The van der Waals surface area contributed by atoms with E-state index >= 15 is 0 Å². The number of rotatable bonds is 2. The van der Waals surface area contributed by atoms with Crippen molar-refractivity contribution in [3.8, 4) is 0 Å². The summed E-state index contributed by atoms with van der Waals surface area (Å²) in [5, 5.41) is 3.02. The van der Waals surface area contributed by atoms with E-state index in [1.54, 1.807) is 6.07 Å². The molecule has 0 unspecified atom stereocenters. The normalized spacial score (nSPS) is 16.6. The van der Waals surface area contributed by atoms with Gasteiger partial charge in [0.15, 0.2) is 0 Å². The van der Waals surface area contributed by atoms with Crippen molar-refractivity contribution in [2.75, 3.05) is 13.1 Å². The maximum absolute atomic E-state index is 13.3. The molecular formula is C16H23FN2O. The average Bonchev–Trinajstić information content (AvgIpc) is 2.67. The lowest BCUT2D eigenvalue weighted by Crippen LogP contribution is -2.48. The highest BCUT2D eigenvalue weighted by atomic mass is 19.1. The Bertz CT molecular complexity index is 465. The topological polar surface area (TPSA) is 32.3 Å². The zero-order chi connectivity index (χ0) is 14.6. The minimum Gasteiger partial charge on any atom is -0.329 e. The lowest BCUT2D eigenvalue weighted by molar-refractivity contribution is 0.188. The van der Waals surface area contributed by atoms with Crippen LogP contribution in [0.1, 0.15) is 45.1 Å². The van der Waals surface area contributed by atoms with Crippen LogP contribution in [0, 0.1) is 5.82 Å². The third kappa shape index (κ3) is 3.71. The van der Waals surface area contributed by atoms with Crippen LogP contribution in [0.2, 0.25) is 0 Å². The number of likely N-dealkylation sites (tertiary alicyclic amines) is 1. The van der Waals surface area contributed by atoms with Crippen molar-refractivity contribution in [1.29, 1.82) is 0 Å². The number of benzene rings is 1. The largest absolute Gasteiger partial charge is 0.329 e. The van der Waals surface area contributed by atoms with Gasteiger partial charge in [0, 0.05) is 13.1 Å². The molecule has 1 saturated heterocycles. The Hall–Kier alpha value is -1.58. The Labute approximate surface area is 120 Å². The van der Waals surface area contributed by atoms with Gasteiger partial charge in [0.2, 0.25) is 0 Å². The van der Waals surface area contributed by atoms with E-state index in [4.69, 9.17) is 0 Å². The number of carbonyl (C=O) groups is 1. The molecule has 0 aliphatic carbocycles. The summed E-state index contributed by atoms with van der Waals surface area (Å²) >= 11 is 0. The SMILES string of the molecule is CC(C)(NC(=O)N1CCCCCC1)c1cccc(F)c1. The zero-order valence-corrected chi connectivity index (χ0v) is 12.3. The van der Waals surface area contributed by atoms with Gasteiger partial charge < -0.3 is 10.2 Å². The Kier molecular flexibility index (Phi) is 4.63. The molecule has 1 aromatic rings. The van der Waals surface area contributed by atoms with Crippen molar-refractivity contribution in [3.05, 3.63) is 35.6 Å². The predicted molar refractivity (Wildman–Crippen MR) is 78.0 cm³/mol. The predicted octanol–water partition coefficient (Wildman–Crippen LogP) is 3.65. The Morgan fingerprint density at radius 2 is 1.85 bits per heavy atom. The molecule has 2 amide bonds. The number of nitrogens with zero attached hydrogens (tertiary/aromatic N) is 1. The number of nitrogens with one attached hydrogen (secondary N) is 1.